The van der Waals surface area contributed by atoms with Gasteiger partial charge in [-0.1, -0.05) is 0 Å². The van der Waals surface area contributed by atoms with Crippen molar-refractivity contribution in [2.45, 2.75) is 11.2 Å². The minimum Gasteiger partial charge on any atom is -0.382 e. The van der Waals surface area contributed by atoms with Crippen molar-refractivity contribution in [3.8, 4) is 0 Å². The Morgan fingerprint density at radius 3 is 2.38 bits per heavy atom. The van der Waals surface area contributed by atoms with E-state index in [1.165, 1.54) is 7.11 Å². The van der Waals surface area contributed by atoms with Crippen molar-refractivity contribution in [3.05, 3.63) is 0 Å². The smallest absolute Gasteiger partial charge is 0.382 e. The van der Waals surface area contributed by atoms with Gasteiger partial charge in [-0.15, -0.1) is 0 Å². The molecule has 0 fully saturated rings. The zero-order valence-electron chi connectivity index (χ0n) is 6.94. The van der Waals surface area contributed by atoms with Gasteiger partial charge < -0.3 is 14.2 Å². The van der Waals surface area contributed by atoms with Crippen molar-refractivity contribution >= 4 is 15.9 Å². The third-order valence-electron chi connectivity index (χ3n) is 0.987. The van der Waals surface area contributed by atoms with Crippen molar-refractivity contribution in [1.29, 1.82) is 0 Å². The Bertz CT molecular complexity index is 131. The molecule has 0 amide bonds. The molecule has 0 N–H and O–H groups in total. The number of rotatable bonds is 6. The van der Waals surface area contributed by atoms with Crippen LogP contribution in [0.5, 0.6) is 0 Å². The van der Waals surface area contributed by atoms with E-state index >= 15 is 0 Å². The first kappa shape index (κ1) is 13.2. The molecular formula is C6H10BrF3O3. The van der Waals surface area contributed by atoms with Gasteiger partial charge in [-0.05, 0) is 15.9 Å². The monoisotopic (exact) mass is 266 g/mol. The molecule has 0 rings (SSSR count). The Morgan fingerprint density at radius 2 is 1.92 bits per heavy atom. The molecule has 0 aromatic rings. The lowest BCUT2D eigenvalue weighted by molar-refractivity contribution is -0.209. The molecule has 0 aliphatic heterocycles. The fourth-order valence-corrected chi connectivity index (χ4v) is 0.511. The minimum atomic E-state index is -4.41. The normalized spacial score (nSPS) is 14.5. The Kier molecular flexibility index (Phi) is 6.66. The van der Waals surface area contributed by atoms with Crippen LogP contribution in [0.3, 0.4) is 0 Å². The summed E-state index contributed by atoms with van der Waals surface area (Å²) in [5.74, 6) is 0. The molecule has 0 aliphatic rings. The maximum atomic E-state index is 11.8. The lowest BCUT2D eigenvalue weighted by atomic mass is 10.7. The fourth-order valence-electron chi connectivity index (χ4n) is 0.404. The van der Waals surface area contributed by atoms with Crippen LogP contribution in [-0.4, -0.2) is 38.3 Å². The maximum absolute atomic E-state index is 11.8. The summed E-state index contributed by atoms with van der Waals surface area (Å²) < 4.78 is 48.8. The molecule has 0 aromatic heterocycles. The fraction of sp³-hybridized carbons (Fsp3) is 1.00. The van der Waals surface area contributed by atoms with Crippen molar-refractivity contribution in [1.82, 2.24) is 0 Å². The predicted octanol–water partition coefficient (Wildman–Crippen LogP) is 1.91. The van der Waals surface area contributed by atoms with Crippen LogP contribution in [0.2, 0.25) is 0 Å². The lowest BCUT2D eigenvalue weighted by Gasteiger charge is -2.14. The topological polar surface area (TPSA) is 27.7 Å². The molecule has 0 aliphatic carbocycles. The van der Waals surface area contributed by atoms with Crippen LogP contribution in [-0.2, 0) is 14.2 Å². The van der Waals surface area contributed by atoms with E-state index in [0.717, 1.165) is 0 Å². The molecule has 0 saturated carbocycles. The molecule has 0 spiro atoms. The average molecular weight is 267 g/mol. The van der Waals surface area contributed by atoms with Crippen LogP contribution in [0.15, 0.2) is 0 Å². The lowest BCUT2D eigenvalue weighted by Crippen LogP contribution is -2.26. The van der Waals surface area contributed by atoms with Gasteiger partial charge in [-0.2, -0.15) is 13.2 Å². The Hall–Kier alpha value is 0.150. The number of halogens is 4. The van der Waals surface area contributed by atoms with E-state index in [1.54, 1.807) is 0 Å². The van der Waals surface area contributed by atoms with Crippen LogP contribution in [0.1, 0.15) is 0 Å². The molecule has 7 heteroatoms. The molecule has 1 unspecified atom stereocenters. The summed E-state index contributed by atoms with van der Waals surface area (Å²) >= 11 is 2.31. The van der Waals surface area contributed by atoms with Gasteiger partial charge in [0.15, 0.2) is 0 Å². The van der Waals surface area contributed by atoms with Gasteiger partial charge in [0.05, 0.1) is 13.2 Å². The second-order valence-corrected chi connectivity index (χ2v) is 2.87. The van der Waals surface area contributed by atoms with E-state index in [9.17, 15) is 13.2 Å². The zero-order chi connectivity index (χ0) is 10.3. The molecule has 0 aromatic carbocycles. The zero-order valence-corrected chi connectivity index (χ0v) is 8.52. The summed E-state index contributed by atoms with van der Waals surface area (Å²) in [6.45, 7) is 0.106. The van der Waals surface area contributed by atoms with Crippen LogP contribution in [0.25, 0.3) is 0 Å². The van der Waals surface area contributed by atoms with Crippen LogP contribution in [0, 0.1) is 0 Å². The SMILES string of the molecule is COCCOCOC(Br)C(F)(F)F. The van der Waals surface area contributed by atoms with Gasteiger partial charge in [0.1, 0.15) is 6.79 Å². The predicted molar refractivity (Wildman–Crippen MR) is 42.6 cm³/mol. The van der Waals surface area contributed by atoms with E-state index < -0.39 is 18.0 Å². The number of alkyl halides is 4. The third kappa shape index (κ3) is 7.24. The van der Waals surface area contributed by atoms with Gasteiger partial charge in [0.2, 0.25) is 5.01 Å². The van der Waals surface area contributed by atoms with Crippen molar-refractivity contribution in [3.63, 3.8) is 0 Å². The van der Waals surface area contributed by atoms with Gasteiger partial charge in [0, 0.05) is 7.11 Å². The van der Waals surface area contributed by atoms with E-state index in [-0.39, 0.29) is 6.61 Å². The quantitative estimate of drug-likeness (QED) is 0.418. The van der Waals surface area contributed by atoms with Crippen molar-refractivity contribution in [2.75, 3.05) is 27.1 Å². The highest BCUT2D eigenvalue weighted by atomic mass is 79.9. The molecule has 3 nitrogen and oxygen atoms in total. The summed E-state index contributed by atoms with van der Waals surface area (Å²) in [5.41, 5.74) is 0. The molecule has 80 valence electrons. The van der Waals surface area contributed by atoms with Gasteiger partial charge in [-0.3, -0.25) is 0 Å². The first-order valence-corrected chi connectivity index (χ1v) is 4.29. The first-order valence-electron chi connectivity index (χ1n) is 3.37. The molecule has 0 heterocycles. The standard InChI is InChI=1S/C6H10BrF3O3/c1-11-2-3-12-4-13-5(7)6(8,9)10/h5H,2-4H2,1H3. The number of ether oxygens (including phenoxy) is 3. The first-order chi connectivity index (χ1) is 5.98. The number of methoxy groups -OCH3 is 1. The number of hydrogen-bond donors (Lipinski definition) is 0. The summed E-state index contributed by atoms with van der Waals surface area (Å²) in [6, 6.07) is 0. The highest BCUT2D eigenvalue weighted by Crippen LogP contribution is 2.26. The second kappa shape index (κ2) is 6.58. The number of hydrogen-bond acceptors (Lipinski definition) is 3. The van der Waals surface area contributed by atoms with E-state index in [0.29, 0.717) is 6.61 Å². The minimum absolute atomic E-state index is 0.202. The van der Waals surface area contributed by atoms with Crippen LogP contribution in [0.4, 0.5) is 13.2 Å². The van der Waals surface area contributed by atoms with Crippen LogP contribution < -0.4 is 0 Å². The Balaban J connectivity index is 3.32. The van der Waals surface area contributed by atoms with Crippen molar-refractivity contribution in [2.24, 2.45) is 0 Å². The Morgan fingerprint density at radius 1 is 1.31 bits per heavy atom. The van der Waals surface area contributed by atoms with Crippen molar-refractivity contribution < 1.29 is 27.4 Å². The van der Waals surface area contributed by atoms with Gasteiger partial charge in [0.25, 0.3) is 0 Å². The Labute approximate surface area is 82.3 Å². The summed E-state index contributed by atoms with van der Waals surface area (Å²) in [5, 5.41) is -1.98. The van der Waals surface area contributed by atoms with E-state index in [4.69, 9.17) is 0 Å². The molecule has 0 saturated heterocycles. The van der Waals surface area contributed by atoms with Gasteiger partial charge in [-0.25, -0.2) is 0 Å². The highest BCUT2D eigenvalue weighted by Gasteiger charge is 2.38. The summed E-state index contributed by atoms with van der Waals surface area (Å²) in [4.78, 5) is 0. The molecule has 1 atom stereocenters. The van der Waals surface area contributed by atoms with E-state index in [2.05, 4.69) is 30.1 Å². The summed E-state index contributed by atoms with van der Waals surface area (Å²) in [6.07, 6.45) is -4.41. The van der Waals surface area contributed by atoms with Crippen LogP contribution >= 0.6 is 15.9 Å². The molecule has 13 heavy (non-hydrogen) atoms. The maximum Gasteiger partial charge on any atom is 0.424 e. The summed E-state index contributed by atoms with van der Waals surface area (Å²) in [7, 11) is 1.47. The largest absolute Gasteiger partial charge is 0.424 e. The third-order valence-corrected chi connectivity index (χ3v) is 1.77. The average Bonchev–Trinajstić information content (AvgIpc) is 2.02. The molecular weight excluding hydrogens is 257 g/mol. The molecule has 0 bridgehead atoms. The second-order valence-electron chi connectivity index (χ2n) is 2.04. The highest BCUT2D eigenvalue weighted by molar-refractivity contribution is 9.09. The van der Waals surface area contributed by atoms with E-state index in [1.807, 2.05) is 0 Å². The molecule has 0 radical (unpaired) electrons. The van der Waals surface area contributed by atoms with Gasteiger partial charge >= 0.3 is 6.18 Å².